The summed E-state index contributed by atoms with van der Waals surface area (Å²) in [5.41, 5.74) is 4.68. The molecule has 1 aromatic heterocycles. The highest BCUT2D eigenvalue weighted by Gasteiger charge is 2.15. The number of carbonyl (C=O) groups excluding carboxylic acids is 3. The maximum atomic E-state index is 12.6. The highest BCUT2D eigenvalue weighted by Crippen LogP contribution is 2.21. The molecule has 36 heavy (non-hydrogen) atoms. The molecule has 2 amide bonds. The summed E-state index contributed by atoms with van der Waals surface area (Å²) in [7, 11) is 1.38. The minimum absolute atomic E-state index is 0.144. The normalized spacial score (nSPS) is 10.8. The van der Waals surface area contributed by atoms with E-state index in [1.54, 1.807) is 28.9 Å². The van der Waals surface area contributed by atoms with Crippen LogP contribution in [0.3, 0.4) is 0 Å². The van der Waals surface area contributed by atoms with Crippen molar-refractivity contribution < 1.29 is 19.1 Å². The molecular weight excluding hydrogens is 456 g/mol. The van der Waals surface area contributed by atoms with E-state index in [1.165, 1.54) is 7.11 Å². The van der Waals surface area contributed by atoms with Crippen LogP contribution in [-0.4, -0.2) is 41.2 Å². The van der Waals surface area contributed by atoms with Crippen molar-refractivity contribution in [2.45, 2.75) is 26.7 Å². The van der Waals surface area contributed by atoms with E-state index in [9.17, 15) is 14.4 Å². The molecule has 0 saturated heterocycles. The molecule has 0 aliphatic heterocycles. The van der Waals surface area contributed by atoms with E-state index < -0.39 is 0 Å². The predicted molar refractivity (Wildman–Crippen MR) is 138 cm³/mol. The number of esters is 1. The Morgan fingerprint density at radius 1 is 0.944 bits per heavy atom. The Morgan fingerprint density at radius 2 is 1.67 bits per heavy atom. The first-order valence-corrected chi connectivity index (χ1v) is 11.6. The number of rotatable bonds is 8. The van der Waals surface area contributed by atoms with Gasteiger partial charge in [0.15, 0.2) is 0 Å². The van der Waals surface area contributed by atoms with Gasteiger partial charge in [0, 0.05) is 23.4 Å². The van der Waals surface area contributed by atoms with Crippen LogP contribution in [0, 0.1) is 13.8 Å². The largest absolute Gasteiger partial charge is 0.469 e. The lowest BCUT2D eigenvalue weighted by Crippen LogP contribution is -2.32. The lowest BCUT2D eigenvalue weighted by atomic mass is 10.1. The van der Waals surface area contributed by atoms with Gasteiger partial charge in [-0.2, -0.15) is 5.10 Å². The zero-order valence-corrected chi connectivity index (χ0v) is 20.5. The molecule has 0 unspecified atom stereocenters. The zero-order valence-electron chi connectivity index (χ0n) is 20.5. The van der Waals surface area contributed by atoms with Crippen LogP contribution < -0.4 is 10.6 Å². The molecule has 0 fully saturated rings. The van der Waals surface area contributed by atoms with Crippen molar-refractivity contribution in [1.82, 2.24) is 15.1 Å². The quantitative estimate of drug-likeness (QED) is 0.367. The first-order chi connectivity index (χ1) is 17.4. The first kappa shape index (κ1) is 24.7. The van der Waals surface area contributed by atoms with Gasteiger partial charge in [-0.05, 0) is 73.0 Å². The number of aromatic nitrogens is 2. The molecule has 8 nitrogen and oxygen atoms in total. The summed E-state index contributed by atoms with van der Waals surface area (Å²) in [6, 6.07) is 20.5. The molecule has 4 rings (SSSR count). The molecule has 1 heterocycles. The SMILES string of the molecule is COC(=O)CCc1c(C)nn(-c2ccc(C(=O)NCC(=O)Nc3ccc4ccccc4c3)cc2)c1C. The number of nitrogens with zero attached hydrogens (tertiary/aromatic N) is 2. The average molecular weight is 485 g/mol. The van der Waals surface area contributed by atoms with E-state index in [2.05, 4.69) is 15.7 Å². The zero-order chi connectivity index (χ0) is 25.7. The van der Waals surface area contributed by atoms with Crippen molar-refractivity contribution in [3.63, 3.8) is 0 Å². The molecule has 0 aliphatic rings. The standard InChI is InChI=1S/C28H28N4O4/c1-18-25(14-15-27(34)36-3)19(2)32(31-18)24-12-9-21(10-13-24)28(35)29-17-26(33)30-23-11-8-20-6-4-5-7-22(20)16-23/h4-13,16H,14-15,17H2,1-3H3,(H,29,35)(H,30,33). The summed E-state index contributed by atoms with van der Waals surface area (Å²) in [5, 5.41) is 12.2. The Bertz CT molecular complexity index is 1420. The number of anilines is 1. The summed E-state index contributed by atoms with van der Waals surface area (Å²) >= 11 is 0. The van der Waals surface area contributed by atoms with Crippen molar-refractivity contribution in [3.8, 4) is 5.69 Å². The van der Waals surface area contributed by atoms with Crippen LogP contribution in [0.2, 0.25) is 0 Å². The fourth-order valence-corrected chi connectivity index (χ4v) is 4.11. The molecule has 0 bridgehead atoms. The van der Waals surface area contributed by atoms with Crippen LogP contribution in [0.25, 0.3) is 16.5 Å². The summed E-state index contributed by atoms with van der Waals surface area (Å²) in [5.74, 6) is -0.914. The number of nitrogens with one attached hydrogen (secondary N) is 2. The van der Waals surface area contributed by atoms with Crippen molar-refractivity contribution in [2.75, 3.05) is 19.0 Å². The van der Waals surface area contributed by atoms with E-state index in [1.807, 2.05) is 56.3 Å². The number of fused-ring (bicyclic) bond motifs is 1. The third-order valence-electron chi connectivity index (χ3n) is 6.06. The van der Waals surface area contributed by atoms with Crippen molar-refractivity contribution >= 4 is 34.2 Å². The van der Waals surface area contributed by atoms with E-state index in [4.69, 9.17) is 4.74 Å². The number of amides is 2. The van der Waals surface area contributed by atoms with Gasteiger partial charge in [0.1, 0.15) is 0 Å². The lowest BCUT2D eigenvalue weighted by Gasteiger charge is -2.09. The maximum Gasteiger partial charge on any atom is 0.305 e. The smallest absolute Gasteiger partial charge is 0.305 e. The van der Waals surface area contributed by atoms with Crippen molar-refractivity contribution in [1.29, 1.82) is 0 Å². The molecule has 0 radical (unpaired) electrons. The van der Waals surface area contributed by atoms with Gasteiger partial charge in [-0.1, -0.05) is 30.3 Å². The number of hydrogen-bond acceptors (Lipinski definition) is 5. The van der Waals surface area contributed by atoms with Crippen molar-refractivity contribution in [3.05, 3.63) is 89.2 Å². The highest BCUT2D eigenvalue weighted by atomic mass is 16.5. The van der Waals surface area contributed by atoms with E-state index in [0.29, 0.717) is 17.7 Å². The Morgan fingerprint density at radius 3 is 2.39 bits per heavy atom. The Labute approximate surface area is 209 Å². The van der Waals surface area contributed by atoms with Crippen LogP contribution in [0.4, 0.5) is 5.69 Å². The van der Waals surface area contributed by atoms with E-state index in [0.717, 1.165) is 33.4 Å². The van der Waals surface area contributed by atoms with Gasteiger partial charge >= 0.3 is 5.97 Å². The number of carbonyl (C=O) groups is 3. The second-order valence-corrected chi connectivity index (χ2v) is 8.48. The molecule has 2 N–H and O–H groups in total. The summed E-state index contributed by atoms with van der Waals surface area (Å²) in [4.78, 5) is 36.4. The molecule has 8 heteroatoms. The van der Waals surface area contributed by atoms with Gasteiger partial charge in [-0.3, -0.25) is 14.4 Å². The Kier molecular flexibility index (Phi) is 7.44. The monoisotopic (exact) mass is 484 g/mol. The summed E-state index contributed by atoms with van der Waals surface area (Å²) < 4.78 is 6.52. The number of ether oxygens (including phenoxy) is 1. The second-order valence-electron chi connectivity index (χ2n) is 8.48. The minimum Gasteiger partial charge on any atom is -0.469 e. The molecule has 3 aromatic carbocycles. The predicted octanol–water partition coefficient (Wildman–Crippen LogP) is 4.12. The minimum atomic E-state index is -0.345. The van der Waals surface area contributed by atoms with Crippen molar-refractivity contribution in [2.24, 2.45) is 0 Å². The molecular formula is C28H28N4O4. The summed E-state index contributed by atoms with van der Waals surface area (Å²) in [6.45, 7) is 3.71. The molecule has 4 aromatic rings. The van der Waals surface area contributed by atoms with Crippen LogP contribution in [0.15, 0.2) is 66.7 Å². The van der Waals surface area contributed by atoms with E-state index >= 15 is 0 Å². The van der Waals surface area contributed by atoms with Gasteiger partial charge < -0.3 is 15.4 Å². The number of methoxy groups -OCH3 is 1. The molecule has 0 atom stereocenters. The number of aryl methyl sites for hydroxylation is 1. The fourth-order valence-electron chi connectivity index (χ4n) is 4.11. The van der Waals surface area contributed by atoms with Gasteiger partial charge in [0.2, 0.25) is 5.91 Å². The first-order valence-electron chi connectivity index (χ1n) is 11.6. The third kappa shape index (κ3) is 5.60. The highest BCUT2D eigenvalue weighted by molar-refractivity contribution is 6.00. The van der Waals surface area contributed by atoms with E-state index in [-0.39, 0.29) is 30.7 Å². The van der Waals surface area contributed by atoms with Crippen LogP contribution in [-0.2, 0) is 20.7 Å². The lowest BCUT2D eigenvalue weighted by molar-refractivity contribution is -0.140. The van der Waals surface area contributed by atoms with Gasteiger partial charge in [0.05, 0.1) is 25.0 Å². The van der Waals surface area contributed by atoms with Gasteiger partial charge in [-0.15, -0.1) is 0 Å². The molecule has 0 spiro atoms. The third-order valence-corrected chi connectivity index (χ3v) is 6.06. The maximum absolute atomic E-state index is 12.6. The number of benzene rings is 3. The summed E-state index contributed by atoms with van der Waals surface area (Å²) in [6.07, 6.45) is 0.837. The fraction of sp³-hybridized carbons (Fsp3) is 0.214. The van der Waals surface area contributed by atoms with Gasteiger partial charge in [0.25, 0.3) is 5.91 Å². The average Bonchev–Trinajstić information content (AvgIpc) is 3.18. The molecule has 0 aliphatic carbocycles. The second kappa shape index (κ2) is 10.9. The van der Waals surface area contributed by atoms with Crippen LogP contribution in [0.5, 0.6) is 0 Å². The number of hydrogen-bond donors (Lipinski definition) is 2. The van der Waals surface area contributed by atoms with Crippen LogP contribution in [0.1, 0.15) is 33.7 Å². The Balaban J connectivity index is 1.35. The topological polar surface area (TPSA) is 102 Å². The molecule has 0 saturated carbocycles. The molecule has 184 valence electrons. The Hall–Kier alpha value is -4.46. The van der Waals surface area contributed by atoms with Crippen LogP contribution >= 0.6 is 0 Å². The van der Waals surface area contributed by atoms with Gasteiger partial charge in [-0.25, -0.2) is 4.68 Å².